The molecule has 6 rings (SSSR count). The van der Waals surface area contributed by atoms with Crippen molar-refractivity contribution >= 4 is 65.2 Å². The summed E-state index contributed by atoms with van der Waals surface area (Å²) in [7, 11) is 0. The van der Waals surface area contributed by atoms with Crippen LogP contribution in [0.15, 0.2) is 69.1 Å². The van der Waals surface area contributed by atoms with Gasteiger partial charge in [0.1, 0.15) is 17.0 Å². The fourth-order valence-corrected chi connectivity index (χ4v) is 5.61. The highest BCUT2D eigenvalue weighted by Crippen LogP contribution is 2.34. The highest BCUT2D eigenvalue weighted by Gasteiger charge is 2.23. The third kappa shape index (κ3) is 4.84. The van der Waals surface area contributed by atoms with Gasteiger partial charge in [-0.05, 0) is 62.2 Å². The smallest absolute Gasteiger partial charge is 0.258 e. The number of nitrogens with one attached hydrogen (secondary N) is 1. The molecule has 3 aromatic heterocycles. The zero-order chi connectivity index (χ0) is 21.5. The third-order valence-corrected chi connectivity index (χ3v) is 7.40. The number of rotatable bonds is 5. The Morgan fingerprint density at radius 1 is 1.12 bits per heavy atom. The van der Waals surface area contributed by atoms with Crippen LogP contribution in [-0.4, -0.2) is 39.8 Å². The van der Waals surface area contributed by atoms with Crippen molar-refractivity contribution in [3.05, 3.63) is 71.1 Å². The highest BCUT2D eigenvalue weighted by molar-refractivity contribution is 8.04. The van der Waals surface area contributed by atoms with Crippen molar-refractivity contribution in [3.8, 4) is 0 Å². The molecule has 6 nitrogen and oxygen atoms in total. The second kappa shape index (κ2) is 10.4. The Balaban J connectivity index is 0.00000137. The van der Waals surface area contributed by atoms with E-state index >= 15 is 0 Å². The van der Waals surface area contributed by atoms with Gasteiger partial charge in [-0.3, -0.25) is 14.1 Å². The minimum absolute atomic E-state index is 0. The van der Waals surface area contributed by atoms with E-state index in [1.807, 2.05) is 48.7 Å². The van der Waals surface area contributed by atoms with Crippen LogP contribution in [0.1, 0.15) is 24.3 Å². The molecule has 2 aliphatic rings. The number of carbonyl (C=O) groups is 1. The zero-order valence-corrected chi connectivity index (χ0v) is 20.9. The number of aromatic nitrogens is 2. The largest absolute Gasteiger partial charge is 0.460 e. The minimum Gasteiger partial charge on any atom is -0.460 e. The van der Waals surface area contributed by atoms with Gasteiger partial charge in [0, 0.05) is 11.9 Å². The van der Waals surface area contributed by atoms with Gasteiger partial charge in [0.2, 0.25) is 0 Å². The quantitative estimate of drug-likeness (QED) is 0.384. The average Bonchev–Trinajstić information content (AvgIpc) is 3.43. The molecule has 4 aromatic rings. The number of pyridine rings is 1. The lowest BCUT2D eigenvalue weighted by molar-refractivity contribution is -0.117. The number of para-hydroxylation sites is 1. The number of piperidine rings is 1. The Morgan fingerprint density at radius 2 is 1.94 bits per heavy atom. The van der Waals surface area contributed by atoms with Crippen LogP contribution in [0.5, 0.6) is 0 Å². The van der Waals surface area contributed by atoms with Crippen molar-refractivity contribution in [1.29, 1.82) is 0 Å². The maximum Gasteiger partial charge on any atom is 0.258 e. The number of hydrogen-bond donors (Lipinski definition) is 1. The van der Waals surface area contributed by atoms with E-state index in [-0.39, 0.29) is 30.7 Å². The fourth-order valence-electron chi connectivity index (χ4n) is 4.61. The summed E-state index contributed by atoms with van der Waals surface area (Å²) in [6.45, 7) is 3.61. The summed E-state index contributed by atoms with van der Waals surface area (Å²) in [5.41, 5.74) is 2.82. The fraction of sp³-hybridized carbons (Fsp3) is 0.280. The molecular formula is C25H26Cl2N4O2S. The predicted octanol–water partition coefficient (Wildman–Crippen LogP) is 5.40. The van der Waals surface area contributed by atoms with Crippen molar-refractivity contribution in [2.75, 3.05) is 19.6 Å². The van der Waals surface area contributed by atoms with Gasteiger partial charge in [-0.1, -0.05) is 36.0 Å². The molecule has 34 heavy (non-hydrogen) atoms. The van der Waals surface area contributed by atoms with Crippen molar-refractivity contribution in [2.24, 2.45) is 5.92 Å². The number of fused-ring (bicyclic) bond motifs is 1. The molecule has 0 bridgehead atoms. The van der Waals surface area contributed by atoms with Gasteiger partial charge in [0.15, 0.2) is 0 Å². The number of thioether (sulfide) groups is 1. The normalized spacial score (nSPS) is 16.1. The lowest BCUT2D eigenvalue weighted by Gasteiger charge is -2.31. The van der Waals surface area contributed by atoms with Crippen molar-refractivity contribution in [2.45, 2.75) is 24.4 Å². The molecule has 0 saturated carbocycles. The van der Waals surface area contributed by atoms with Crippen molar-refractivity contribution < 1.29 is 9.21 Å². The SMILES string of the molecule is Cl.Cl.O=C(NCC1CCN(Cc2cc3ccccc3o2)CC1)C1=Cc2cnc3cccc(n23)S1. The Bertz CT molecular complexity index is 1310. The van der Waals surface area contributed by atoms with Gasteiger partial charge in [0.05, 0.1) is 28.4 Å². The molecule has 0 aliphatic carbocycles. The van der Waals surface area contributed by atoms with Crippen LogP contribution < -0.4 is 5.32 Å². The number of nitrogens with zero attached hydrogens (tertiary/aromatic N) is 3. The predicted molar refractivity (Wildman–Crippen MR) is 141 cm³/mol. The maximum absolute atomic E-state index is 12.8. The van der Waals surface area contributed by atoms with Gasteiger partial charge >= 0.3 is 0 Å². The minimum atomic E-state index is 0. The highest BCUT2D eigenvalue weighted by atomic mass is 35.5. The number of carbonyl (C=O) groups excluding carboxylic acids is 1. The van der Waals surface area contributed by atoms with Crippen LogP contribution in [0.25, 0.3) is 22.7 Å². The van der Waals surface area contributed by atoms with Crippen LogP contribution in [0, 0.1) is 5.92 Å². The second-order valence-electron chi connectivity index (χ2n) is 8.53. The Kier molecular flexibility index (Phi) is 7.57. The van der Waals surface area contributed by atoms with Crippen molar-refractivity contribution in [3.63, 3.8) is 0 Å². The van der Waals surface area contributed by atoms with Crippen LogP contribution in [0.2, 0.25) is 0 Å². The van der Waals surface area contributed by atoms with Crippen LogP contribution >= 0.6 is 36.6 Å². The topological polar surface area (TPSA) is 62.8 Å². The molecule has 0 radical (unpaired) electrons. The first-order valence-electron chi connectivity index (χ1n) is 11.1. The Labute approximate surface area is 214 Å². The molecule has 1 fully saturated rings. The van der Waals surface area contributed by atoms with E-state index in [9.17, 15) is 4.79 Å². The maximum atomic E-state index is 12.8. The average molecular weight is 517 g/mol. The lowest BCUT2D eigenvalue weighted by atomic mass is 9.96. The molecule has 2 aliphatic heterocycles. The van der Waals surface area contributed by atoms with Crippen molar-refractivity contribution in [1.82, 2.24) is 19.6 Å². The van der Waals surface area contributed by atoms with Crippen LogP contribution in [0.4, 0.5) is 0 Å². The summed E-state index contributed by atoms with van der Waals surface area (Å²) in [6.07, 6.45) is 5.92. The Morgan fingerprint density at radius 3 is 2.76 bits per heavy atom. The number of imidazole rings is 1. The van der Waals surface area contributed by atoms with Gasteiger partial charge in [-0.2, -0.15) is 0 Å². The van der Waals surface area contributed by atoms with E-state index in [1.165, 1.54) is 11.8 Å². The summed E-state index contributed by atoms with van der Waals surface area (Å²) in [6, 6.07) is 16.3. The molecule has 9 heteroatoms. The zero-order valence-electron chi connectivity index (χ0n) is 18.5. The van der Waals surface area contributed by atoms with E-state index in [1.54, 1.807) is 0 Å². The number of amides is 1. The summed E-state index contributed by atoms with van der Waals surface area (Å²) in [5.74, 6) is 1.53. The first-order valence-corrected chi connectivity index (χ1v) is 11.9. The summed E-state index contributed by atoms with van der Waals surface area (Å²) < 4.78 is 8.05. The first-order chi connectivity index (χ1) is 15.7. The molecular weight excluding hydrogens is 491 g/mol. The lowest BCUT2D eigenvalue weighted by Crippen LogP contribution is -2.38. The molecule has 0 unspecified atom stereocenters. The number of halogens is 2. The molecule has 1 aromatic carbocycles. The number of hydrogen-bond acceptors (Lipinski definition) is 5. The standard InChI is InChI=1S/C25H24N4O2S.2ClH/c30-25(22-13-19-15-26-23-6-3-7-24(32-22)29(19)23)27-14-17-8-10-28(11-9-17)16-20-12-18-4-1-2-5-21(18)31-20;;/h1-7,12-13,15,17H,8-11,14,16H2,(H,27,30);2*1H. The van der Waals surface area contributed by atoms with Gasteiger partial charge in [0.25, 0.3) is 5.91 Å². The molecule has 178 valence electrons. The summed E-state index contributed by atoms with van der Waals surface area (Å²) in [4.78, 5) is 20.4. The molecule has 1 saturated heterocycles. The summed E-state index contributed by atoms with van der Waals surface area (Å²) in [5, 5.41) is 5.36. The second-order valence-corrected chi connectivity index (χ2v) is 9.59. The molecule has 0 spiro atoms. The van der Waals surface area contributed by atoms with E-state index in [0.717, 1.165) is 77.0 Å². The first kappa shape index (κ1) is 24.7. The van der Waals surface area contributed by atoms with E-state index in [2.05, 4.69) is 31.7 Å². The van der Waals surface area contributed by atoms with E-state index < -0.39 is 0 Å². The van der Waals surface area contributed by atoms with E-state index in [4.69, 9.17) is 4.42 Å². The molecule has 0 atom stereocenters. The monoisotopic (exact) mass is 516 g/mol. The molecule has 5 heterocycles. The summed E-state index contributed by atoms with van der Waals surface area (Å²) >= 11 is 1.51. The number of likely N-dealkylation sites (tertiary alicyclic amines) is 1. The molecule has 1 amide bonds. The van der Waals surface area contributed by atoms with Crippen LogP contribution in [0.3, 0.4) is 0 Å². The number of benzene rings is 1. The van der Waals surface area contributed by atoms with E-state index in [0.29, 0.717) is 5.92 Å². The molecule has 1 N–H and O–H groups in total. The third-order valence-electron chi connectivity index (χ3n) is 6.35. The van der Waals surface area contributed by atoms with Gasteiger partial charge in [-0.25, -0.2) is 4.98 Å². The number of furan rings is 1. The van der Waals surface area contributed by atoms with Gasteiger partial charge in [-0.15, -0.1) is 24.8 Å². The Hall–Kier alpha value is -2.45. The van der Waals surface area contributed by atoms with Crippen LogP contribution in [-0.2, 0) is 11.3 Å². The van der Waals surface area contributed by atoms with Gasteiger partial charge < -0.3 is 9.73 Å².